The van der Waals surface area contributed by atoms with Gasteiger partial charge in [0, 0.05) is 17.6 Å². The molecule has 1 N–H and O–H groups in total. The van der Waals surface area contributed by atoms with Crippen molar-refractivity contribution in [3.63, 3.8) is 0 Å². The van der Waals surface area contributed by atoms with Crippen LogP contribution in [-0.4, -0.2) is 25.8 Å². The summed E-state index contributed by atoms with van der Waals surface area (Å²) in [5, 5.41) is 8.58. The van der Waals surface area contributed by atoms with E-state index >= 15 is 0 Å². The highest BCUT2D eigenvalue weighted by Crippen LogP contribution is 2.43. The summed E-state index contributed by atoms with van der Waals surface area (Å²) >= 11 is 5.37. The maximum Gasteiger partial charge on any atom is 0.343 e. The van der Waals surface area contributed by atoms with Gasteiger partial charge in [0.15, 0.2) is 5.16 Å². The van der Waals surface area contributed by atoms with Crippen LogP contribution in [0, 0.1) is 5.41 Å². The van der Waals surface area contributed by atoms with Crippen LogP contribution in [0.4, 0.5) is 0 Å². The normalized spacial score (nSPS) is 18.3. The summed E-state index contributed by atoms with van der Waals surface area (Å²) in [6, 6.07) is 0. The summed E-state index contributed by atoms with van der Waals surface area (Å²) in [6.45, 7) is 2.82. The van der Waals surface area contributed by atoms with E-state index in [0.717, 1.165) is 29.2 Å². The van der Waals surface area contributed by atoms with Crippen LogP contribution in [0.1, 0.15) is 39.0 Å². The Balaban J connectivity index is 2.03. The minimum atomic E-state index is -0.0846. The number of nitrogens with one attached hydrogen (secondary N) is 1. The van der Waals surface area contributed by atoms with Crippen LogP contribution < -0.4 is 5.69 Å². The van der Waals surface area contributed by atoms with Gasteiger partial charge in [0.05, 0.1) is 0 Å². The average Bonchev–Trinajstić information content (AvgIpc) is 2.97. The van der Waals surface area contributed by atoms with Crippen molar-refractivity contribution < 1.29 is 0 Å². The third-order valence-electron chi connectivity index (χ3n) is 3.63. The fraction of sp³-hybridized carbons (Fsp3) is 0.833. The molecular weight excluding hydrogens is 314 g/mol. The predicted molar refractivity (Wildman–Crippen MR) is 78.6 cm³/mol. The molecule has 1 fully saturated rings. The van der Waals surface area contributed by atoms with Crippen LogP contribution in [0.2, 0.25) is 0 Å². The number of aromatic nitrogens is 3. The van der Waals surface area contributed by atoms with E-state index in [0.29, 0.717) is 5.41 Å². The zero-order valence-electron chi connectivity index (χ0n) is 10.7. The number of hydrogen-bond acceptors (Lipinski definition) is 3. The molecule has 1 aromatic heterocycles. The molecule has 1 aliphatic carbocycles. The Kier molecular flexibility index (Phi) is 4.95. The molecule has 1 heterocycles. The Labute approximate surface area is 120 Å². The molecule has 0 radical (unpaired) electrons. The molecule has 0 aromatic carbocycles. The van der Waals surface area contributed by atoms with E-state index in [1.165, 1.54) is 25.7 Å². The van der Waals surface area contributed by atoms with Crippen LogP contribution >= 0.6 is 27.7 Å². The van der Waals surface area contributed by atoms with E-state index < -0.39 is 0 Å². The first-order valence-corrected chi connectivity index (χ1v) is 8.65. The smallest absolute Gasteiger partial charge is 0.270 e. The number of hydrogen-bond donors (Lipinski definition) is 1. The predicted octanol–water partition coefficient (Wildman–Crippen LogP) is 3.03. The molecule has 0 saturated heterocycles. The van der Waals surface area contributed by atoms with Crippen LogP contribution in [0.15, 0.2) is 9.95 Å². The highest BCUT2D eigenvalue weighted by Gasteiger charge is 2.33. The lowest BCUT2D eigenvalue weighted by atomic mass is 9.92. The lowest BCUT2D eigenvalue weighted by molar-refractivity contribution is 0.404. The molecule has 6 heteroatoms. The first-order valence-electron chi connectivity index (χ1n) is 6.55. The van der Waals surface area contributed by atoms with Gasteiger partial charge in [0.25, 0.3) is 0 Å². The Hall–Kier alpha value is -0.230. The lowest BCUT2D eigenvalue weighted by Crippen LogP contribution is -2.22. The average molecular weight is 334 g/mol. The lowest BCUT2D eigenvalue weighted by Gasteiger charge is -2.25. The van der Waals surface area contributed by atoms with Crippen LogP contribution in [0.5, 0.6) is 0 Å². The third kappa shape index (κ3) is 3.02. The van der Waals surface area contributed by atoms with Crippen LogP contribution in [-0.2, 0) is 6.54 Å². The molecule has 1 saturated carbocycles. The van der Waals surface area contributed by atoms with E-state index in [2.05, 4.69) is 33.1 Å². The minimum Gasteiger partial charge on any atom is -0.270 e. The van der Waals surface area contributed by atoms with Gasteiger partial charge in [0.1, 0.15) is 0 Å². The fourth-order valence-corrected chi connectivity index (χ4v) is 4.78. The van der Waals surface area contributed by atoms with Gasteiger partial charge in [-0.1, -0.05) is 47.5 Å². The van der Waals surface area contributed by atoms with Gasteiger partial charge in [-0.15, -0.1) is 5.10 Å². The van der Waals surface area contributed by atoms with Gasteiger partial charge < -0.3 is 0 Å². The Morgan fingerprint density at radius 2 is 2.22 bits per heavy atom. The summed E-state index contributed by atoms with van der Waals surface area (Å²) in [4.78, 5) is 11.6. The van der Waals surface area contributed by atoms with E-state index in [9.17, 15) is 4.79 Å². The molecule has 18 heavy (non-hydrogen) atoms. The van der Waals surface area contributed by atoms with Crippen molar-refractivity contribution in [2.45, 2.75) is 50.7 Å². The second kappa shape index (κ2) is 6.28. The molecule has 0 atom stereocenters. The second-order valence-corrected chi connectivity index (χ2v) is 6.60. The third-order valence-corrected chi connectivity index (χ3v) is 6.14. The van der Waals surface area contributed by atoms with Crippen molar-refractivity contribution >= 4 is 27.7 Å². The number of nitrogens with zero attached hydrogens (tertiary/aromatic N) is 2. The van der Waals surface area contributed by atoms with Gasteiger partial charge in [-0.25, -0.2) is 9.89 Å². The van der Waals surface area contributed by atoms with Crippen molar-refractivity contribution in [1.29, 1.82) is 0 Å². The molecular formula is C12H20BrN3OS. The number of aromatic amines is 1. The van der Waals surface area contributed by atoms with Gasteiger partial charge in [-0.2, -0.15) is 0 Å². The molecule has 0 bridgehead atoms. The second-order valence-electron chi connectivity index (χ2n) is 5.09. The summed E-state index contributed by atoms with van der Waals surface area (Å²) in [5.41, 5.74) is 0.315. The highest BCUT2D eigenvalue weighted by atomic mass is 79.9. The first-order chi connectivity index (χ1) is 8.71. The minimum absolute atomic E-state index is 0.0846. The maximum absolute atomic E-state index is 11.6. The number of rotatable bonds is 6. The van der Waals surface area contributed by atoms with E-state index in [4.69, 9.17) is 0 Å². The molecule has 0 spiro atoms. The molecule has 0 aliphatic heterocycles. The topological polar surface area (TPSA) is 50.7 Å². The van der Waals surface area contributed by atoms with Crippen molar-refractivity contribution in [3.8, 4) is 0 Å². The first kappa shape index (κ1) is 14.2. The van der Waals surface area contributed by atoms with E-state index in [1.54, 1.807) is 16.3 Å². The number of H-pyrrole nitrogens is 1. The standard InChI is InChI=1S/C12H20BrN3OS/c1-2-7-16-10(17)14-15-11(16)18-9-12(8-13)5-3-4-6-12/h2-9H2,1H3,(H,14,17). The Morgan fingerprint density at radius 3 is 2.83 bits per heavy atom. The quantitative estimate of drug-likeness (QED) is 0.643. The number of halogens is 1. The number of thioether (sulfide) groups is 1. The molecule has 0 amide bonds. The monoisotopic (exact) mass is 333 g/mol. The van der Waals surface area contributed by atoms with Gasteiger partial charge in [-0.05, 0) is 24.7 Å². The summed E-state index contributed by atoms with van der Waals surface area (Å²) in [7, 11) is 0. The fourth-order valence-electron chi connectivity index (χ4n) is 2.49. The summed E-state index contributed by atoms with van der Waals surface area (Å²) < 4.78 is 1.75. The van der Waals surface area contributed by atoms with Crippen molar-refractivity contribution in [2.24, 2.45) is 5.41 Å². The molecule has 4 nitrogen and oxygen atoms in total. The van der Waals surface area contributed by atoms with Crippen molar-refractivity contribution in [3.05, 3.63) is 10.5 Å². The largest absolute Gasteiger partial charge is 0.343 e. The zero-order valence-corrected chi connectivity index (χ0v) is 13.1. The molecule has 0 unspecified atom stereocenters. The molecule has 1 aromatic rings. The van der Waals surface area contributed by atoms with E-state index in [1.807, 2.05) is 0 Å². The Bertz CT molecular complexity index is 437. The van der Waals surface area contributed by atoms with E-state index in [-0.39, 0.29) is 5.69 Å². The van der Waals surface area contributed by atoms with Crippen molar-refractivity contribution in [2.75, 3.05) is 11.1 Å². The molecule has 2 rings (SSSR count). The van der Waals surface area contributed by atoms with Gasteiger partial charge >= 0.3 is 5.69 Å². The summed E-state index contributed by atoms with van der Waals surface area (Å²) in [6.07, 6.45) is 6.18. The number of alkyl halides is 1. The van der Waals surface area contributed by atoms with Crippen molar-refractivity contribution in [1.82, 2.24) is 14.8 Å². The summed E-state index contributed by atoms with van der Waals surface area (Å²) in [5.74, 6) is 1.05. The highest BCUT2D eigenvalue weighted by molar-refractivity contribution is 9.09. The molecule has 102 valence electrons. The van der Waals surface area contributed by atoms with Crippen LogP contribution in [0.3, 0.4) is 0 Å². The Morgan fingerprint density at radius 1 is 1.50 bits per heavy atom. The maximum atomic E-state index is 11.6. The zero-order chi connectivity index (χ0) is 13.0. The van der Waals surface area contributed by atoms with Gasteiger partial charge in [-0.3, -0.25) is 4.57 Å². The van der Waals surface area contributed by atoms with Crippen LogP contribution in [0.25, 0.3) is 0 Å². The molecule has 1 aliphatic rings. The van der Waals surface area contributed by atoms with Gasteiger partial charge in [0.2, 0.25) is 0 Å². The SMILES string of the molecule is CCCn1c(SCC2(CBr)CCCC2)n[nH]c1=O.